The summed E-state index contributed by atoms with van der Waals surface area (Å²) in [6, 6.07) is 10.2. The van der Waals surface area contributed by atoms with Crippen molar-refractivity contribution < 1.29 is 9.59 Å². The van der Waals surface area contributed by atoms with Crippen molar-refractivity contribution in [3.8, 4) is 0 Å². The number of amides is 2. The maximum absolute atomic E-state index is 13.4. The lowest BCUT2D eigenvalue weighted by Gasteiger charge is -2.44. The summed E-state index contributed by atoms with van der Waals surface area (Å²) in [7, 11) is 0. The maximum atomic E-state index is 13.4. The van der Waals surface area contributed by atoms with E-state index in [1.54, 1.807) is 6.92 Å². The van der Waals surface area contributed by atoms with Gasteiger partial charge in [0.1, 0.15) is 0 Å². The smallest absolute Gasteiger partial charge is 0.233 e. The average Bonchev–Trinajstić information content (AvgIpc) is 2.62. The van der Waals surface area contributed by atoms with E-state index in [4.69, 9.17) is 0 Å². The standard InChI is InChI=1S/C19H26N2O2/c1-16(22)20-14-10-19(11-15-20,17-8-4-2-5-9-17)18(23)21-12-6-3-7-13-21/h2,4-5,8-9H,3,6-7,10-15H2,1H3. The average molecular weight is 314 g/mol. The molecule has 23 heavy (non-hydrogen) atoms. The Bertz CT molecular complexity index is 556. The summed E-state index contributed by atoms with van der Waals surface area (Å²) < 4.78 is 0. The number of hydrogen-bond donors (Lipinski definition) is 0. The third-order valence-electron chi connectivity index (χ3n) is 5.44. The van der Waals surface area contributed by atoms with Crippen molar-refractivity contribution in [3.05, 3.63) is 35.9 Å². The minimum Gasteiger partial charge on any atom is -0.343 e. The molecule has 1 aromatic carbocycles. The molecule has 0 radical (unpaired) electrons. The van der Waals surface area contributed by atoms with Crippen molar-refractivity contribution in [2.75, 3.05) is 26.2 Å². The molecule has 0 bridgehead atoms. The molecule has 4 nitrogen and oxygen atoms in total. The topological polar surface area (TPSA) is 40.6 Å². The summed E-state index contributed by atoms with van der Waals surface area (Å²) in [5.41, 5.74) is 0.656. The van der Waals surface area contributed by atoms with Gasteiger partial charge in [0.05, 0.1) is 5.41 Å². The first kappa shape index (κ1) is 16.0. The van der Waals surface area contributed by atoms with Crippen LogP contribution < -0.4 is 0 Å². The normalized spacial score (nSPS) is 21.1. The molecule has 124 valence electrons. The molecule has 2 fully saturated rings. The Labute approximate surface area is 138 Å². The van der Waals surface area contributed by atoms with Crippen molar-refractivity contribution >= 4 is 11.8 Å². The molecule has 4 heteroatoms. The maximum Gasteiger partial charge on any atom is 0.233 e. The van der Waals surface area contributed by atoms with Gasteiger partial charge < -0.3 is 9.80 Å². The van der Waals surface area contributed by atoms with Gasteiger partial charge in [-0.05, 0) is 37.7 Å². The highest BCUT2D eigenvalue weighted by atomic mass is 16.2. The number of carbonyl (C=O) groups excluding carboxylic acids is 2. The van der Waals surface area contributed by atoms with Crippen molar-refractivity contribution in [2.45, 2.75) is 44.4 Å². The van der Waals surface area contributed by atoms with E-state index in [0.29, 0.717) is 13.1 Å². The quantitative estimate of drug-likeness (QED) is 0.842. The number of benzene rings is 1. The fourth-order valence-corrected chi connectivity index (χ4v) is 3.99. The lowest BCUT2D eigenvalue weighted by molar-refractivity contribution is -0.143. The van der Waals surface area contributed by atoms with Gasteiger partial charge in [0.2, 0.25) is 11.8 Å². The van der Waals surface area contributed by atoms with E-state index < -0.39 is 5.41 Å². The summed E-state index contributed by atoms with van der Waals surface area (Å²) in [5.74, 6) is 0.378. The van der Waals surface area contributed by atoms with Gasteiger partial charge in [0, 0.05) is 33.1 Å². The zero-order valence-electron chi connectivity index (χ0n) is 14.0. The zero-order chi connectivity index (χ0) is 16.3. The van der Waals surface area contributed by atoms with Gasteiger partial charge in [-0.25, -0.2) is 0 Å². The van der Waals surface area contributed by atoms with Gasteiger partial charge >= 0.3 is 0 Å². The molecular formula is C19H26N2O2. The highest BCUT2D eigenvalue weighted by Crippen LogP contribution is 2.38. The Morgan fingerprint density at radius 1 is 0.870 bits per heavy atom. The monoisotopic (exact) mass is 314 g/mol. The van der Waals surface area contributed by atoms with E-state index in [1.165, 1.54) is 6.42 Å². The van der Waals surface area contributed by atoms with Gasteiger partial charge in [-0.15, -0.1) is 0 Å². The number of likely N-dealkylation sites (tertiary alicyclic amines) is 2. The zero-order valence-corrected chi connectivity index (χ0v) is 14.0. The number of rotatable bonds is 2. The van der Waals surface area contributed by atoms with E-state index in [-0.39, 0.29) is 11.8 Å². The second-order valence-corrected chi connectivity index (χ2v) is 6.81. The lowest BCUT2D eigenvalue weighted by atomic mass is 9.71. The minimum absolute atomic E-state index is 0.108. The molecule has 2 heterocycles. The van der Waals surface area contributed by atoms with E-state index in [2.05, 4.69) is 17.0 Å². The molecule has 0 saturated carbocycles. The van der Waals surface area contributed by atoms with Crippen molar-refractivity contribution in [2.24, 2.45) is 0 Å². The van der Waals surface area contributed by atoms with Crippen LogP contribution in [0.25, 0.3) is 0 Å². The van der Waals surface area contributed by atoms with Crippen LogP contribution in [0.15, 0.2) is 30.3 Å². The van der Waals surface area contributed by atoms with E-state index in [9.17, 15) is 9.59 Å². The molecule has 0 N–H and O–H groups in total. The van der Waals surface area contributed by atoms with Crippen molar-refractivity contribution in [1.29, 1.82) is 0 Å². The van der Waals surface area contributed by atoms with Gasteiger partial charge in [0.15, 0.2) is 0 Å². The Morgan fingerprint density at radius 2 is 1.48 bits per heavy atom. The number of nitrogens with zero attached hydrogens (tertiary/aromatic N) is 2. The first-order valence-electron chi connectivity index (χ1n) is 8.74. The number of hydrogen-bond acceptors (Lipinski definition) is 2. The summed E-state index contributed by atoms with van der Waals surface area (Å²) in [6.45, 7) is 4.71. The van der Waals surface area contributed by atoms with Gasteiger partial charge in [-0.1, -0.05) is 30.3 Å². The van der Waals surface area contributed by atoms with Gasteiger partial charge in [-0.3, -0.25) is 9.59 Å². The van der Waals surface area contributed by atoms with Crippen LogP contribution in [0.2, 0.25) is 0 Å². The van der Waals surface area contributed by atoms with Crippen molar-refractivity contribution in [3.63, 3.8) is 0 Å². The molecule has 0 aromatic heterocycles. The van der Waals surface area contributed by atoms with Crippen LogP contribution in [0.3, 0.4) is 0 Å². The molecule has 0 atom stereocenters. The molecule has 0 aliphatic carbocycles. The summed E-state index contributed by atoms with van der Waals surface area (Å²) >= 11 is 0. The molecule has 1 aromatic rings. The summed E-state index contributed by atoms with van der Waals surface area (Å²) in [4.78, 5) is 28.9. The third-order valence-corrected chi connectivity index (χ3v) is 5.44. The molecular weight excluding hydrogens is 288 g/mol. The third kappa shape index (κ3) is 3.12. The Morgan fingerprint density at radius 3 is 2.04 bits per heavy atom. The fourth-order valence-electron chi connectivity index (χ4n) is 3.99. The van der Waals surface area contributed by atoms with E-state index in [0.717, 1.165) is 44.3 Å². The predicted octanol–water partition coefficient (Wildman–Crippen LogP) is 2.58. The van der Waals surface area contributed by atoms with Crippen LogP contribution in [0.5, 0.6) is 0 Å². The molecule has 0 unspecified atom stereocenters. The Kier molecular flexibility index (Phi) is 4.69. The fraction of sp³-hybridized carbons (Fsp3) is 0.579. The second-order valence-electron chi connectivity index (χ2n) is 6.81. The Balaban J connectivity index is 1.88. The largest absolute Gasteiger partial charge is 0.343 e. The van der Waals surface area contributed by atoms with Crippen molar-refractivity contribution in [1.82, 2.24) is 9.80 Å². The molecule has 2 amide bonds. The van der Waals surface area contributed by atoms with E-state index in [1.807, 2.05) is 23.1 Å². The van der Waals surface area contributed by atoms with Gasteiger partial charge in [0.25, 0.3) is 0 Å². The van der Waals surface area contributed by atoms with Crippen LogP contribution in [-0.4, -0.2) is 47.8 Å². The summed E-state index contributed by atoms with van der Waals surface area (Å²) in [5, 5.41) is 0. The predicted molar refractivity (Wildman–Crippen MR) is 90.0 cm³/mol. The first-order chi connectivity index (χ1) is 11.1. The lowest BCUT2D eigenvalue weighted by Crippen LogP contribution is -2.54. The summed E-state index contributed by atoms with van der Waals surface area (Å²) in [6.07, 6.45) is 4.89. The van der Waals surface area contributed by atoms with Gasteiger partial charge in [-0.2, -0.15) is 0 Å². The highest BCUT2D eigenvalue weighted by molar-refractivity contribution is 5.89. The molecule has 3 rings (SSSR count). The SMILES string of the molecule is CC(=O)N1CCC(C(=O)N2CCCCC2)(c2ccccc2)CC1. The number of carbonyl (C=O) groups is 2. The highest BCUT2D eigenvalue weighted by Gasteiger charge is 2.45. The van der Waals surface area contributed by atoms with E-state index >= 15 is 0 Å². The molecule has 2 aliphatic heterocycles. The first-order valence-corrected chi connectivity index (χ1v) is 8.74. The second kappa shape index (κ2) is 6.73. The van der Waals surface area contributed by atoms with Crippen LogP contribution in [-0.2, 0) is 15.0 Å². The Hall–Kier alpha value is -1.84. The number of piperidine rings is 2. The van der Waals surface area contributed by atoms with Crippen LogP contribution in [0.1, 0.15) is 44.6 Å². The molecule has 2 saturated heterocycles. The van der Waals surface area contributed by atoms with Crippen LogP contribution in [0, 0.1) is 0 Å². The van der Waals surface area contributed by atoms with Crippen LogP contribution in [0.4, 0.5) is 0 Å². The van der Waals surface area contributed by atoms with Crippen LogP contribution >= 0.6 is 0 Å². The molecule has 0 spiro atoms. The minimum atomic E-state index is -0.454. The molecule has 2 aliphatic rings.